The average molecular weight is 491 g/mol. The molecule has 0 aliphatic rings. The quantitative estimate of drug-likeness (QED) is 0.154. The number of carboxylic acids is 1. The van der Waals surface area contributed by atoms with Crippen molar-refractivity contribution in [1.82, 2.24) is 20.9 Å². The number of fused-ring (bicyclic) bond motifs is 1. The van der Waals surface area contributed by atoms with Gasteiger partial charge in [0.25, 0.3) is 0 Å². The highest BCUT2D eigenvalue weighted by atomic mass is 16.4. The number of carboxylic acid groups (broad SMARTS) is 1. The summed E-state index contributed by atoms with van der Waals surface area (Å²) in [5.74, 6) is -4.49. The molecule has 0 aliphatic carbocycles. The molecule has 2 aromatic rings. The van der Waals surface area contributed by atoms with Crippen LogP contribution >= 0.6 is 0 Å². The van der Waals surface area contributed by atoms with Crippen LogP contribution in [-0.4, -0.2) is 75.6 Å². The van der Waals surface area contributed by atoms with E-state index >= 15 is 0 Å². The maximum atomic E-state index is 12.5. The van der Waals surface area contributed by atoms with Gasteiger partial charge in [-0.15, -0.1) is 0 Å². The number of H-pyrrole nitrogens is 1. The summed E-state index contributed by atoms with van der Waals surface area (Å²) in [7, 11) is 0. The van der Waals surface area contributed by atoms with Crippen LogP contribution in [0.15, 0.2) is 30.5 Å². The molecule has 10 N–H and O–H groups in total. The van der Waals surface area contributed by atoms with Crippen molar-refractivity contribution in [3.05, 3.63) is 36.0 Å². The Bertz CT molecular complexity index is 1090. The minimum Gasteiger partial charge on any atom is -0.480 e. The van der Waals surface area contributed by atoms with E-state index in [-0.39, 0.29) is 19.3 Å². The number of nitrogens with one attached hydrogen (secondary N) is 4. The molecule has 4 atom stereocenters. The van der Waals surface area contributed by atoms with E-state index in [9.17, 15) is 34.2 Å². The van der Waals surface area contributed by atoms with E-state index < -0.39 is 60.4 Å². The van der Waals surface area contributed by atoms with Crippen LogP contribution in [0.5, 0.6) is 0 Å². The van der Waals surface area contributed by atoms with Crippen molar-refractivity contribution < 1.29 is 34.2 Å². The maximum Gasteiger partial charge on any atom is 0.326 e. The third kappa shape index (κ3) is 7.79. The molecule has 0 saturated carbocycles. The summed E-state index contributed by atoms with van der Waals surface area (Å²) in [6, 6.07) is 2.48. The van der Waals surface area contributed by atoms with E-state index in [1.807, 2.05) is 24.3 Å². The van der Waals surface area contributed by atoms with Crippen molar-refractivity contribution in [2.75, 3.05) is 6.61 Å². The van der Waals surface area contributed by atoms with Gasteiger partial charge in [0.05, 0.1) is 12.6 Å². The minimum atomic E-state index is -1.39. The number of carbonyl (C=O) groups excluding carboxylic acids is 4. The fraction of sp³-hybridized carbons (Fsp3) is 0.409. The van der Waals surface area contributed by atoms with Gasteiger partial charge in [-0.1, -0.05) is 18.2 Å². The monoisotopic (exact) mass is 490 g/mol. The molecule has 35 heavy (non-hydrogen) atoms. The summed E-state index contributed by atoms with van der Waals surface area (Å²) in [6.45, 7) is 0.529. The fourth-order valence-electron chi connectivity index (χ4n) is 3.32. The lowest BCUT2D eigenvalue weighted by Crippen LogP contribution is -2.57. The molecule has 0 aliphatic heterocycles. The van der Waals surface area contributed by atoms with Crippen LogP contribution < -0.4 is 27.4 Å². The lowest BCUT2D eigenvalue weighted by atomic mass is 10.0. The molecule has 13 nitrogen and oxygen atoms in total. The molecular weight excluding hydrogens is 460 g/mol. The summed E-state index contributed by atoms with van der Waals surface area (Å²) < 4.78 is 0. The summed E-state index contributed by atoms with van der Waals surface area (Å²) in [5.41, 5.74) is 12.7. The SMILES string of the molecule is CC(NC(=O)C(CO)NC(=O)C(N)Cc1c[nH]c2ccccc12)C(=O)NC(CCC(N)=O)C(=O)O. The first-order valence-corrected chi connectivity index (χ1v) is 10.9. The third-order valence-electron chi connectivity index (χ3n) is 5.31. The number of aliphatic hydroxyl groups excluding tert-OH is 1. The number of aliphatic hydroxyl groups is 1. The van der Waals surface area contributed by atoms with Crippen LogP contribution in [0.3, 0.4) is 0 Å². The van der Waals surface area contributed by atoms with Gasteiger partial charge in [-0.25, -0.2) is 4.79 Å². The lowest BCUT2D eigenvalue weighted by Gasteiger charge is -2.22. The standard InChI is InChI=1S/C22H30N6O7/c1-11(19(31)27-16(22(34)35)6-7-18(24)30)26-21(33)17(10-29)28-20(32)14(23)8-12-9-25-15-5-3-2-4-13(12)15/h2-5,9,11,14,16-17,25,29H,6-8,10,23H2,1H3,(H2,24,30)(H,26,33)(H,27,31)(H,28,32)(H,34,35). The van der Waals surface area contributed by atoms with E-state index in [1.165, 1.54) is 6.92 Å². The number of hydrogen-bond acceptors (Lipinski definition) is 7. The Morgan fingerprint density at radius 3 is 2.29 bits per heavy atom. The van der Waals surface area contributed by atoms with Crippen molar-refractivity contribution in [2.24, 2.45) is 11.5 Å². The number of aromatic amines is 1. The van der Waals surface area contributed by atoms with E-state index in [2.05, 4.69) is 20.9 Å². The molecule has 0 bridgehead atoms. The zero-order valence-electron chi connectivity index (χ0n) is 19.1. The predicted octanol–water partition coefficient (Wildman–Crippen LogP) is -2.15. The zero-order chi connectivity index (χ0) is 26.1. The Morgan fingerprint density at radius 2 is 1.66 bits per heavy atom. The summed E-state index contributed by atoms with van der Waals surface area (Å²) in [6.07, 6.45) is 1.44. The van der Waals surface area contributed by atoms with Crippen LogP contribution in [0, 0.1) is 0 Å². The van der Waals surface area contributed by atoms with Gasteiger partial charge in [-0.2, -0.15) is 0 Å². The zero-order valence-corrected chi connectivity index (χ0v) is 19.1. The maximum absolute atomic E-state index is 12.5. The molecule has 13 heteroatoms. The molecular formula is C22H30N6O7. The van der Waals surface area contributed by atoms with Gasteiger partial charge < -0.3 is 42.6 Å². The highest BCUT2D eigenvalue weighted by molar-refractivity contribution is 5.94. The topological polar surface area (TPSA) is 230 Å². The highest BCUT2D eigenvalue weighted by Crippen LogP contribution is 2.18. The molecule has 0 saturated heterocycles. The normalized spacial score (nSPS) is 14.4. The van der Waals surface area contributed by atoms with Gasteiger partial charge in [-0.05, 0) is 31.4 Å². The van der Waals surface area contributed by atoms with E-state index in [4.69, 9.17) is 11.5 Å². The Kier molecular flexibility index (Phi) is 9.73. The van der Waals surface area contributed by atoms with Gasteiger partial charge in [0, 0.05) is 23.5 Å². The van der Waals surface area contributed by atoms with Crippen molar-refractivity contribution in [3.8, 4) is 0 Å². The number of aliphatic carboxylic acids is 1. The van der Waals surface area contributed by atoms with Crippen LogP contribution in [-0.2, 0) is 30.4 Å². The number of rotatable bonds is 13. The van der Waals surface area contributed by atoms with Gasteiger partial charge >= 0.3 is 5.97 Å². The predicted molar refractivity (Wildman–Crippen MR) is 125 cm³/mol. The van der Waals surface area contributed by atoms with Gasteiger partial charge in [0.1, 0.15) is 18.1 Å². The lowest BCUT2D eigenvalue weighted by molar-refractivity contribution is -0.142. The molecule has 0 fully saturated rings. The summed E-state index contributed by atoms with van der Waals surface area (Å²) in [5, 5.41) is 26.5. The number of nitrogens with two attached hydrogens (primary N) is 2. The molecule has 2 rings (SSSR count). The molecule has 0 spiro atoms. The first-order chi connectivity index (χ1) is 16.5. The second-order valence-corrected chi connectivity index (χ2v) is 8.05. The number of primary amides is 1. The summed E-state index contributed by atoms with van der Waals surface area (Å²) in [4.78, 5) is 62.5. The molecule has 1 aromatic heterocycles. The Labute approximate surface area is 200 Å². The van der Waals surface area contributed by atoms with E-state index in [0.29, 0.717) is 0 Å². The number of para-hydroxylation sites is 1. The Balaban J connectivity index is 1.92. The Hall–Kier alpha value is -3.97. The molecule has 190 valence electrons. The van der Waals surface area contributed by atoms with E-state index in [0.717, 1.165) is 16.5 Å². The largest absolute Gasteiger partial charge is 0.480 e. The molecule has 1 heterocycles. The second-order valence-electron chi connectivity index (χ2n) is 8.05. The van der Waals surface area contributed by atoms with Crippen LogP contribution in [0.2, 0.25) is 0 Å². The van der Waals surface area contributed by atoms with Crippen molar-refractivity contribution in [2.45, 2.75) is 50.4 Å². The summed E-state index contributed by atoms with van der Waals surface area (Å²) >= 11 is 0. The Morgan fingerprint density at radius 1 is 1.00 bits per heavy atom. The van der Waals surface area contributed by atoms with Gasteiger partial charge in [0.2, 0.25) is 23.6 Å². The number of hydrogen-bond donors (Lipinski definition) is 8. The van der Waals surface area contributed by atoms with Crippen molar-refractivity contribution >= 4 is 40.5 Å². The fourth-order valence-corrected chi connectivity index (χ4v) is 3.32. The second kappa shape index (κ2) is 12.5. The van der Waals surface area contributed by atoms with E-state index in [1.54, 1.807) is 6.20 Å². The number of carbonyl (C=O) groups is 5. The van der Waals surface area contributed by atoms with Crippen LogP contribution in [0.25, 0.3) is 10.9 Å². The smallest absolute Gasteiger partial charge is 0.326 e. The number of aromatic nitrogens is 1. The average Bonchev–Trinajstić information content (AvgIpc) is 3.21. The van der Waals surface area contributed by atoms with Gasteiger partial charge in [0.15, 0.2) is 0 Å². The molecule has 4 unspecified atom stereocenters. The van der Waals surface area contributed by atoms with Gasteiger partial charge in [-0.3, -0.25) is 19.2 Å². The first-order valence-electron chi connectivity index (χ1n) is 10.9. The highest BCUT2D eigenvalue weighted by Gasteiger charge is 2.28. The molecule has 4 amide bonds. The molecule has 1 aromatic carbocycles. The van der Waals surface area contributed by atoms with Crippen LogP contribution in [0.4, 0.5) is 0 Å². The van der Waals surface area contributed by atoms with Crippen molar-refractivity contribution in [1.29, 1.82) is 0 Å². The van der Waals surface area contributed by atoms with Crippen molar-refractivity contribution in [3.63, 3.8) is 0 Å². The third-order valence-corrected chi connectivity index (χ3v) is 5.31. The minimum absolute atomic E-state index is 0.177. The number of benzene rings is 1. The molecule has 0 radical (unpaired) electrons. The van der Waals surface area contributed by atoms with Crippen LogP contribution in [0.1, 0.15) is 25.3 Å². The first kappa shape index (κ1) is 27.3. The number of amides is 4.